The number of Topliss-reactive ketones (excluding diaryl/α,β-unsaturated/α-hetero) is 1. The molecule has 46 heavy (non-hydrogen) atoms. The number of ketones is 1. The molecular weight excluding hydrogens is 572 g/mol. The van der Waals surface area contributed by atoms with Gasteiger partial charge in [0, 0.05) is 37.4 Å². The van der Waals surface area contributed by atoms with Gasteiger partial charge in [0.1, 0.15) is 5.78 Å². The number of aryl methyl sites for hydroxylation is 2. The maximum absolute atomic E-state index is 15.2. The van der Waals surface area contributed by atoms with Gasteiger partial charge in [-0.1, -0.05) is 86.0 Å². The van der Waals surface area contributed by atoms with E-state index in [1.165, 1.54) is 28.5 Å². The van der Waals surface area contributed by atoms with Crippen molar-refractivity contribution in [3.63, 3.8) is 0 Å². The minimum Gasteiger partial charge on any atom is -0.396 e. The molecule has 7 atom stereocenters. The molecule has 3 aromatic rings. The molecule has 0 amide bonds. The summed E-state index contributed by atoms with van der Waals surface area (Å²) >= 11 is 0. The Hall–Kier alpha value is -2.83. The Labute approximate surface area is 272 Å². The largest absolute Gasteiger partial charge is 0.396 e. The number of aliphatic hydroxyl groups excluding tert-OH is 2. The first-order chi connectivity index (χ1) is 22.3. The molecule has 0 radical (unpaired) electrons. The summed E-state index contributed by atoms with van der Waals surface area (Å²) in [6.07, 6.45) is 9.24. The smallest absolute Gasteiger partial charge is 0.185 e. The summed E-state index contributed by atoms with van der Waals surface area (Å²) < 4.78 is 6.16. The molecule has 0 aromatic heterocycles. The van der Waals surface area contributed by atoms with Crippen LogP contribution in [0.15, 0.2) is 66.7 Å². The summed E-state index contributed by atoms with van der Waals surface area (Å²) in [5, 5.41) is 37.0. The standard InChI is InChI=1S/C41H48O5/c1-25-38-32(24-42)23-40(41(38,45)46-2)37(44)16-12-26-7-6-8-27(17-26)19-35-34-21-31-18-28(22-39(25,40)33-9-4-3-5-10-33)11-13-29(31)20-30(34)14-15-36(35)43/h6-8,11,13,17-18,20-21,32-33,35-36,38,42-43,45H,1,3-5,9-10,12,14-16,19,22-24H2,2H3/t32-,35-,36-,38-,39+,40+,41+/m0/s1. The summed E-state index contributed by atoms with van der Waals surface area (Å²) in [5.41, 5.74) is 4.99. The van der Waals surface area contributed by atoms with Crippen LogP contribution in [0.3, 0.4) is 0 Å². The zero-order chi connectivity index (χ0) is 31.8. The minimum absolute atomic E-state index is 0.0240. The van der Waals surface area contributed by atoms with Gasteiger partial charge in [0.2, 0.25) is 0 Å². The Morgan fingerprint density at radius 1 is 0.913 bits per heavy atom. The van der Waals surface area contributed by atoms with Gasteiger partial charge in [-0.15, -0.1) is 0 Å². The SMILES string of the molecule is C=C1[C@H]2[C@H](CO)C[C@]3(C(=O)CCc4cccc(c4)C[C@H]4c5cc6cc(ccc6cc5CC[C@@H]4O)C[C@]13C1CCCCC1)[C@]2(O)OC. The molecule has 0 heterocycles. The number of methoxy groups -OCH3 is 1. The Morgan fingerprint density at radius 2 is 1.72 bits per heavy atom. The molecular formula is C41H48O5. The van der Waals surface area contributed by atoms with Crippen LogP contribution in [-0.4, -0.2) is 46.7 Å². The number of fused-ring (bicyclic) bond motifs is 4. The Balaban J connectivity index is 1.38. The molecule has 3 aromatic carbocycles. The van der Waals surface area contributed by atoms with E-state index in [9.17, 15) is 15.3 Å². The van der Waals surface area contributed by atoms with Gasteiger partial charge in [0.15, 0.2) is 5.79 Å². The van der Waals surface area contributed by atoms with Crippen molar-refractivity contribution < 1.29 is 24.9 Å². The molecule has 0 saturated heterocycles. The van der Waals surface area contributed by atoms with Gasteiger partial charge >= 0.3 is 0 Å². The third-order valence-corrected chi connectivity index (χ3v) is 13.4. The van der Waals surface area contributed by atoms with E-state index in [2.05, 4.69) is 54.6 Å². The number of carbonyl (C=O) groups excluding carboxylic acids is 1. The van der Waals surface area contributed by atoms with Crippen LogP contribution in [0.4, 0.5) is 0 Å². The van der Waals surface area contributed by atoms with E-state index < -0.39 is 28.6 Å². The molecule has 1 spiro atoms. The quantitative estimate of drug-likeness (QED) is 0.226. The van der Waals surface area contributed by atoms with E-state index >= 15 is 4.79 Å². The summed E-state index contributed by atoms with van der Waals surface area (Å²) in [5.74, 6) is -2.26. The van der Waals surface area contributed by atoms with Crippen molar-refractivity contribution >= 4 is 16.6 Å². The molecule has 3 fully saturated rings. The lowest BCUT2D eigenvalue weighted by atomic mass is 9.47. The Morgan fingerprint density at radius 3 is 2.50 bits per heavy atom. The molecule has 3 N–H and O–H groups in total. The van der Waals surface area contributed by atoms with Crippen molar-refractivity contribution in [2.45, 2.75) is 94.9 Å². The third-order valence-electron chi connectivity index (χ3n) is 13.4. The summed E-state index contributed by atoms with van der Waals surface area (Å²) in [4.78, 5) is 15.2. The van der Waals surface area contributed by atoms with E-state index in [1.807, 2.05) is 0 Å². The lowest BCUT2D eigenvalue weighted by molar-refractivity contribution is -0.260. The van der Waals surface area contributed by atoms with Crippen molar-refractivity contribution in [2.75, 3.05) is 13.7 Å². The highest BCUT2D eigenvalue weighted by Gasteiger charge is 2.82. The summed E-state index contributed by atoms with van der Waals surface area (Å²) in [6, 6.07) is 19.9. The number of carbonyl (C=O) groups is 1. The first kappa shape index (κ1) is 30.5. The fraction of sp³-hybridized carbons (Fsp3) is 0.537. The first-order valence-corrected chi connectivity index (χ1v) is 17.7. The molecule has 7 bridgehead atoms. The fourth-order valence-corrected chi connectivity index (χ4v) is 11.5. The van der Waals surface area contributed by atoms with E-state index in [1.54, 1.807) is 7.11 Å². The number of hydrogen-bond donors (Lipinski definition) is 3. The minimum atomic E-state index is -1.72. The van der Waals surface area contributed by atoms with Crippen LogP contribution in [0, 0.1) is 28.6 Å². The third kappa shape index (κ3) is 4.11. The maximum Gasteiger partial charge on any atom is 0.185 e. The predicted molar refractivity (Wildman–Crippen MR) is 179 cm³/mol. The number of hydrogen-bond acceptors (Lipinski definition) is 5. The number of aliphatic hydroxyl groups is 3. The molecule has 5 heteroatoms. The van der Waals surface area contributed by atoms with Gasteiger partial charge in [0.05, 0.1) is 11.5 Å². The normalized spacial score (nSPS) is 36.1. The lowest BCUT2D eigenvalue weighted by Gasteiger charge is -2.55. The van der Waals surface area contributed by atoms with Gasteiger partial charge in [-0.25, -0.2) is 0 Å². The second kappa shape index (κ2) is 11.1. The van der Waals surface area contributed by atoms with Gasteiger partial charge in [-0.3, -0.25) is 4.79 Å². The second-order valence-electron chi connectivity index (χ2n) is 15.3. The van der Waals surface area contributed by atoms with E-state index in [-0.39, 0.29) is 36.6 Å². The Kier molecular flexibility index (Phi) is 7.37. The predicted octanol–water partition coefficient (Wildman–Crippen LogP) is 6.62. The molecule has 0 aliphatic heterocycles. The summed E-state index contributed by atoms with van der Waals surface area (Å²) in [7, 11) is 1.54. The van der Waals surface area contributed by atoms with Crippen molar-refractivity contribution in [1.29, 1.82) is 0 Å². The average Bonchev–Trinajstić information content (AvgIpc) is 3.44. The highest BCUT2D eigenvalue weighted by molar-refractivity contribution is 5.90. The van der Waals surface area contributed by atoms with Crippen LogP contribution >= 0.6 is 0 Å². The van der Waals surface area contributed by atoms with E-state index in [4.69, 9.17) is 11.3 Å². The number of rotatable bonds is 3. The van der Waals surface area contributed by atoms with Gasteiger partial charge in [-0.2, -0.15) is 0 Å². The van der Waals surface area contributed by atoms with E-state index in [0.717, 1.165) is 67.0 Å². The highest BCUT2D eigenvalue weighted by atomic mass is 16.6. The molecule has 5 aliphatic carbocycles. The monoisotopic (exact) mass is 620 g/mol. The van der Waals surface area contributed by atoms with Crippen molar-refractivity contribution in [1.82, 2.24) is 0 Å². The first-order valence-electron chi connectivity index (χ1n) is 17.7. The van der Waals surface area contributed by atoms with Crippen molar-refractivity contribution in [2.24, 2.45) is 28.6 Å². The van der Waals surface area contributed by atoms with Crippen LogP contribution in [0.1, 0.15) is 85.1 Å². The molecule has 5 aliphatic rings. The second-order valence-corrected chi connectivity index (χ2v) is 15.3. The van der Waals surface area contributed by atoms with Crippen LogP contribution in [0.5, 0.6) is 0 Å². The highest BCUT2D eigenvalue weighted by Crippen LogP contribution is 2.77. The summed E-state index contributed by atoms with van der Waals surface area (Å²) in [6.45, 7) is 4.65. The van der Waals surface area contributed by atoms with Crippen LogP contribution in [0.25, 0.3) is 10.8 Å². The zero-order valence-electron chi connectivity index (χ0n) is 27.1. The average molecular weight is 621 g/mol. The fourth-order valence-electron chi connectivity index (χ4n) is 11.5. The van der Waals surface area contributed by atoms with Gasteiger partial charge in [0.25, 0.3) is 0 Å². The lowest BCUT2D eigenvalue weighted by Crippen LogP contribution is -2.60. The molecule has 242 valence electrons. The van der Waals surface area contributed by atoms with E-state index in [0.29, 0.717) is 19.3 Å². The van der Waals surface area contributed by atoms with Gasteiger partial charge < -0.3 is 20.1 Å². The number of ether oxygens (including phenoxy) is 1. The van der Waals surface area contributed by atoms with Crippen LogP contribution in [0.2, 0.25) is 0 Å². The van der Waals surface area contributed by atoms with Crippen LogP contribution in [-0.2, 0) is 35.2 Å². The number of benzene rings is 3. The van der Waals surface area contributed by atoms with Crippen molar-refractivity contribution in [3.8, 4) is 0 Å². The van der Waals surface area contributed by atoms with Gasteiger partial charge in [-0.05, 0) is 102 Å². The van der Waals surface area contributed by atoms with Crippen molar-refractivity contribution in [3.05, 3.63) is 94.6 Å². The maximum atomic E-state index is 15.2. The molecule has 3 saturated carbocycles. The topological polar surface area (TPSA) is 87.0 Å². The molecule has 5 nitrogen and oxygen atoms in total. The zero-order valence-corrected chi connectivity index (χ0v) is 27.1. The molecule has 8 rings (SSSR count). The van der Waals surface area contributed by atoms with Crippen LogP contribution < -0.4 is 0 Å². The Bertz CT molecular complexity index is 1700. The molecule has 0 unspecified atom stereocenters.